The Morgan fingerprint density at radius 3 is 2.77 bits per heavy atom. The minimum absolute atomic E-state index is 0.137. The molecule has 116 valence electrons. The average molecular weight is 321 g/mol. The quantitative estimate of drug-likeness (QED) is 0.641. The van der Waals surface area contributed by atoms with E-state index in [1.54, 1.807) is 31.4 Å². The molecule has 22 heavy (non-hydrogen) atoms. The number of esters is 1. The number of carbonyl (C=O) groups excluding carboxylic acids is 2. The smallest absolute Gasteiger partial charge is 0.331 e. The Hall–Kier alpha value is -2.14. The second-order valence-corrected chi connectivity index (χ2v) is 6.19. The van der Waals surface area contributed by atoms with Crippen molar-refractivity contribution < 1.29 is 14.3 Å². The summed E-state index contributed by atoms with van der Waals surface area (Å²) < 4.78 is 6.69. The van der Waals surface area contributed by atoms with Gasteiger partial charge in [0.2, 0.25) is 0 Å². The molecule has 0 aliphatic heterocycles. The van der Waals surface area contributed by atoms with Gasteiger partial charge < -0.3 is 4.74 Å². The van der Waals surface area contributed by atoms with Crippen LogP contribution in [0.4, 0.5) is 0 Å². The maximum atomic E-state index is 11.7. The van der Waals surface area contributed by atoms with Crippen molar-refractivity contribution >= 4 is 35.1 Å². The highest BCUT2D eigenvalue weighted by Gasteiger charge is 2.22. The molecule has 2 aromatic rings. The van der Waals surface area contributed by atoms with Gasteiger partial charge in [0.25, 0.3) is 0 Å². The molecule has 0 aliphatic carbocycles. The summed E-state index contributed by atoms with van der Waals surface area (Å²) in [5, 5.41) is 0.293. The molecule has 0 unspecified atom stereocenters. The van der Waals surface area contributed by atoms with E-state index in [2.05, 4.69) is 4.98 Å². The lowest BCUT2D eigenvalue weighted by Gasteiger charge is -2.15. The first kappa shape index (κ1) is 16.2. The molecule has 0 amide bonds. The van der Waals surface area contributed by atoms with Crippen LogP contribution >= 0.6 is 11.6 Å². The van der Waals surface area contributed by atoms with Crippen molar-refractivity contribution in [3.63, 3.8) is 0 Å². The fourth-order valence-corrected chi connectivity index (χ4v) is 1.92. The minimum Gasteiger partial charge on any atom is -0.455 e. The van der Waals surface area contributed by atoms with Gasteiger partial charge in [-0.2, -0.15) is 0 Å². The van der Waals surface area contributed by atoms with Crippen LogP contribution in [0.2, 0.25) is 5.15 Å². The molecule has 5 nitrogen and oxygen atoms in total. The first-order valence-electron chi connectivity index (χ1n) is 6.80. The number of ether oxygens (including phenoxy) is 1. The summed E-state index contributed by atoms with van der Waals surface area (Å²) in [6.07, 6.45) is 4.55. The molecule has 0 saturated heterocycles. The van der Waals surface area contributed by atoms with Crippen LogP contribution in [0.25, 0.3) is 11.7 Å². The van der Waals surface area contributed by atoms with E-state index in [0.29, 0.717) is 16.5 Å². The minimum atomic E-state index is -0.598. The summed E-state index contributed by atoms with van der Waals surface area (Å²) >= 11 is 6.05. The van der Waals surface area contributed by atoms with Crippen LogP contribution < -0.4 is 0 Å². The third-order valence-corrected chi connectivity index (χ3v) is 3.36. The zero-order chi connectivity index (χ0) is 16.3. The SMILES string of the molecule is CC(C)(C)C(=O)COC(=O)/C=C/c1c(Cl)nc2ccccn12. The second kappa shape index (κ2) is 6.32. The zero-order valence-electron chi connectivity index (χ0n) is 12.7. The molecule has 2 aromatic heterocycles. The van der Waals surface area contributed by atoms with Gasteiger partial charge >= 0.3 is 5.97 Å². The van der Waals surface area contributed by atoms with Crippen molar-refractivity contribution in [2.24, 2.45) is 5.41 Å². The molecule has 0 fully saturated rings. The van der Waals surface area contributed by atoms with E-state index in [1.807, 2.05) is 18.2 Å². The van der Waals surface area contributed by atoms with E-state index in [4.69, 9.17) is 16.3 Å². The Morgan fingerprint density at radius 1 is 1.36 bits per heavy atom. The van der Waals surface area contributed by atoms with Crippen LogP contribution in [-0.4, -0.2) is 27.7 Å². The molecule has 0 radical (unpaired) electrons. The predicted molar refractivity (Wildman–Crippen MR) is 84.7 cm³/mol. The first-order valence-corrected chi connectivity index (χ1v) is 7.17. The van der Waals surface area contributed by atoms with Gasteiger partial charge in [-0.05, 0) is 18.2 Å². The number of rotatable bonds is 4. The summed E-state index contributed by atoms with van der Waals surface area (Å²) in [5.74, 6) is -0.735. The number of pyridine rings is 1. The van der Waals surface area contributed by atoms with E-state index in [1.165, 1.54) is 12.2 Å². The second-order valence-electron chi connectivity index (χ2n) is 5.83. The summed E-state index contributed by atoms with van der Waals surface area (Å²) in [6.45, 7) is 5.08. The lowest BCUT2D eigenvalue weighted by molar-refractivity contribution is -0.145. The number of nitrogens with zero attached hydrogens (tertiary/aromatic N) is 2. The van der Waals surface area contributed by atoms with Crippen LogP contribution in [0.3, 0.4) is 0 Å². The predicted octanol–water partition coefficient (Wildman–Crippen LogP) is 3.16. The van der Waals surface area contributed by atoms with Crippen LogP contribution in [-0.2, 0) is 14.3 Å². The fraction of sp³-hybridized carbons (Fsp3) is 0.312. The van der Waals surface area contributed by atoms with Crippen molar-refractivity contribution in [1.82, 2.24) is 9.38 Å². The Morgan fingerprint density at radius 2 is 2.09 bits per heavy atom. The van der Waals surface area contributed by atoms with Gasteiger partial charge in [0.1, 0.15) is 5.65 Å². The number of hydrogen-bond donors (Lipinski definition) is 0. The fourth-order valence-electron chi connectivity index (χ4n) is 1.68. The maximum absolute atomic E-state index is 11.7. The average Bonchev–Trinajstić information content (AvgIpc) is 2.77. The van der Waals surface area contributed by atoms with Crippen LogP contribution in [0, 0.1) is 5.41 Å². The molecule has 2 heterocycles. The lowest BCUT2D eigenvalue weighted by atomic mass is 9.91. The molecule has 6 heteroatoms. The van der Waals surface area contributed by atoms with Crippen molar-refractivity contribution in [1.29, 1.82) is 0 Å². The van der Waals surface area contributed by atoms with Gasteiger partial charge in [-0.25, -0.2) is 9.78 Å². The highest BCUT2D eigenvalue weighted by molar-refractivity contribution is 6.31. The number of imidazole rings is 1. The molecule has 0 atom stereocenters. The summed E-state index contributed by atoms with van der Waals surface area (Å²) in [7, 11) is 0. The molecule has 0 aliphatic rings. The number of aromatic nitrogens is 2. The molecular weight excluding hydrogens is 304 g/mol. The first-order chi connectivity index (χ1) is 10.3. The summed E-state index contributed by atoms with van der Waals surface area (Å²) in [5.41, 5.74) is 0.731. The van der Waals surface area contributed by atoms with Crippen LogP contribution in [0.1, 0.15) is 26.5 Å². The molecule has 0 bridgehead atoms. The van der Waals surface area contributed by atoms with Crippen LogP contribution in [0.15, 0.2) is 30.5 Å². The van der Waals surface area contributed by atoms with Gasteiger partial charge in [0.05, 0.1) is 5.69 Å². The Bertz CT molecular complexity index is 741. The van der Waals surface area contributed by atoms with Gasteiger partial charge in [-0.15, -0.1) is 0 Å². The standard InChI is InChI=1S/C16H17ClN2O3/c1-16(2,3)12(20)10-22-14(21)8-7-11-15(17)18-13-6-4-5-9-19(11)13/h4-9H,10H2,1-3H3/b8-7+. The third kappa shape index (κ3) is 3.74. The lowest BCUT2D eigenvalue weighted by Crippen LogP contribution is -2.25. The maximum Gasteiger partial charge on any atom is 0.331 e. The number of halogens is 1. The van der Waals surface area contributed by atoms with E-state index >= 15 is 0 Å². The van der Waals surface area contributed by atoms with Crippen molar-refractivity contribution in [2.45, 2.75) is 20.8 Å². The molecule has 2 rings (SSSR count). The topological polar surface area (TPSA) is 60.7 Å². The largest absolute Gasteiger partial charge is 0.455 e. The van der Waals surface area contributed by atoms with Gasteiger partial charge in [-0.3, -0.25) is 9.20 Å². The number of carbonyl (C=O) groups is 2. The zero-order valence-corrected chi connectivity index (χ0v) is 13.4. The summed E-state index contributed by atoms with van der Waals surface area (Å²) in [6, 6.07) is 5.49. The normalized spacial score (nSPS) is 12.0. The van der Waals surface area contributed by atoms with Crippen molar-refractivity contribution in [2.75, 3.05) is 6.61 Å². The van der Waals surface area contributed by atoms with E-state index < -0.39 is 11.4 Å². The summed E-state index contributed by atoms with van der Waals surface area (Å²) in [4.78, 5) is 27.5. The molecule has 0 spiro atoms. The highest BCUT2D eigenvalue weighted by Crippen LogP contribution is 2.19. The monoisotopic (exact) mass is 320 g/mol. The Balaban J connectivity index is 2.06. The Kier molecular flexibility index (Phi) is 4.66. The van der Waals surface area contributed by atoms with E-state index in [0.717, 1.165) is 0 Å². The van der Waals surface area contributed by atoms with E-state index in [9.17, 15) is 9.59 Å². The molecule has 0 saturated carbocycles. The van der Waals surface area contributed by atoms with Crippen LogP contribution in [0.5, 0.6) is 0 Å². The number of hydrogen-bond acceptors (Lipinski definition) is 4. The Labute approximate surface area is 133 Å². The number of ketones is 1. The van der Waals surface area contributed by atoms with Gasteiger partial charge in [0, 0.05) is 17.7 Å². The number of fused-ring (bicyclic) bond motifs is 1. The van der Waals surface area contributed by atoms with E-state index in [-0.39, 0.29) is 12.4 Å². The molecule has 0 aromatic carbocycles. The number of Topliss-reactive ketones (excluding diaryl/α,β-unsaturated/α-hetero) is 1. The van der Waals surface area contributed by atoms with Crippen molar-refractivity contribution in [3.05, 3.63) is 41.3 Å². The molecule has 0 N–H and O–H groups in total. The van der Waals surface area contributed by atoms with Gasteiger partial charge in [0.15, 0.2) is 17.5 Å². The third-order valence-electron chi connectivity index (χ3n) is 3.08. The van der Waals surface area contributed by atoms with Gasteiger partial charge in [-0.1, -0.05) is 38.4 Å². The van der Waals surface area contributed by atoms with Crippen molar-refractivity contribution in [3.8, 4) is 0 Å². The molecular formula is C16H17ClN2O3. The highest BCUT2D eigenvalue weighted by atomic mass is 35.5.